The van der Waals surface area contributed by atoms with Gasteiger partial charge in [-0.15, -0.1) is 0 Å². The van der Waals surface area contributed by atoms with E-state index in [1.807, 2.05) is 19.1 Å². The molecule has 1 aliphatic rings. The number of methoxy groups -OCH3 is 1. The van der Waals surface area contributed by atoms with Crippen molar-refractivity contribution in [1.82, 2.24) is 4.57 Å². The van der Waals surface area contributed by atoms with E-state index in [0.29, 0.717) is 55.6 Å². The number of hydrogen-bond donors (Lipinski definition) is 0. The molecule has 0 radical (unpaired) electrons. The van der Waals surface area contributed by atoms with Gasteiger partial charge >= 0.3 is 11.9 Å². The Morgan fingerprint density at radius 2 is 1.84 bits per heavy atom. The van der Waals surface area contributed by atoms with E-state index in [9.17, 15) is 14.4 Å². The summed E-state index contributed by atoms with van der Waals surface area (Å²) in [4.78, 5) is 44.2. The van der Waals surface area contributed by atoms with E-state index in [0.717, 1.165) is 18.4 Å². The molecule has 10 heteroatoms. The largest absolute Gasteiger partial charge is 0.497 e. The van der Waals surface area contributed by atoms with Gasteiger partial charge in [0.05, 0.1) is 47.7 Å². The number of benzene rings is 2. The summed E-state index contributed by atoms with van der Waals surface area (Å²) in [7, 11) is 1.56. The monoisotopic (exact) mass is 600 g/mol. The number of nitrogens with zero attached hydrogens (tertiary/aromatic N) is 2. The summed E-state index contributed by atoms with van der Waals surface area (Å²) in [6.07, 6.45) is 3.44. The summed E-state index contributed by atoms with van der Waals surface area (Å²) in [5, 5.41) is 0. The lowest BCUT2D eigenvalue weighted by Crippen LogP contribution is -2.39. The zero-order valence-corrected chi connectivity index (χ0v) is 25.2. The first-order valence-electron chi connectivity index (χ1n) is 14.1. The van der Waals surface area contributed by atoms with Crippen molar-refractivity contribution >= 4 is 29.4 Å². The topological polar surface area (TPSA) is 109 Å². The minimum absolute atomic E-state index is 0.192. The van der Waals surface area contributed by atoms with Crippen LogP contribution in [0.5, 0.6) is 5.75 Å². The number of hydrogen-bond acceptors (Lipinski definition) is 9. The summed E-state index contributed by atoms with van der Waals surface area (Å²) in [6, 6.07) is 17.1. The quantitative estimate of drug-likeness (QED) is 0.186. The van der Waals surface area contributed by atoms with Crippen LogP contribution in [0.1, 0.15) is 61.3 Å². The highest BCUT2D eigenvalue weighted by atomic mass is 32.1. The van der Waals surface area contributed by atoms with Crippen LogP contribution in [-0.2, 0) is 14.3 Å². The Hall–Kier alpha value is -4.70. The van der Waals surface area contributed by atoms with Crippen molar-refractivity contribution in [2.75, 3.05) is 20.3 Å². The van der Waals surface area contributed by atoms with E-state index < -0.39 is 12.0 Å². The zero-order valence-electron chi connectivity index (χ0n) is 24.4. The summed E-state index contributed by atoms with van der Waals surface area (Å²) in [6.45, 7) is 6.10. The van der Waals surface area contributed by atoms with E-state index in [1.54, 1.807) is 75.6 Å². The highest BCUT2D eigenvalue weighted by Crippen LogP contribution is 2.32. The summed E-state index contributed by atoms with van der Waals surface area (Å²) >= 11 is 1.21. The maximum atomic E-state index is 13.9. The van der Waals surface area contributed by atoms with Crippen molar-refractivity contribution in [2.24, 2.45) is 4.99 Å². The SMILES string of the molecule is CCCCOC(=O)c1ccc(-c2ccc(/C=c3\sc4n(c3=O)[C@H](c3cccc(OC)c3)C(C(=O)OCC)=C(C)N=4)o2)cc1. The predicted molar refractivity (Wildman–Crippen MR) is 163 cm³/mol. The van der Waals surface area contributed by atoms with E-state index >= 15 is 0 Å². The highest BCUT2D eigenvalue weighted by molar-refractivity contribution is 7.07. The fraction of sp³-hybridized carbons (Fsp3) is 0.273. The van der Waals surface area contributed by atoms with Crippen LogP contribution in [-0.4, -0.2) is 36.8 Å². The lowest BCUT2D eigenvalue weighted by molar-refractivity contribution is -0.139. The Bertz CT molecular complexity index is 1860. The summed E-state index contributed by atoms with van der Waals surface area (Å²) in [5.41, 5.74) is 2.41. The van der Waals surface area contributed by atoms with Crippen LogP contribution < -0.4 is 19.6 Å². The molecule has 0 N–H and O–H groups in total. The van der Waals surface area contributed by atoms with Gasteiger partial charge in [-0.25, -0.2) is 14.6 Å². The average Bonchev–Trinajstić information content (AvgIpc) is 3.60. The van der Waals surface area contributed by atoms with Gasteiger partial charge in [-0.2, -0.15) is 0 Å². The van der Waals surface area contributed by atoms with Crippen LogP contribution in [0.3, 0.4) is 0 Å². The first kappa shape index (κ1) is 29.8. The van der Waals surface area contributed by atoms with Gasteiger partial charge in [0.2, 0.25) is 0 Å². The van der Waals surface area contributed by atoms with Crippen molar-refractivity contribution in [2.45, 2.75) is 39.7 Å². The number of aromatic nitrogens is 1. The van der Waals surface area contributed by atoms with Gasteiger partial charge in [0.15, 0.2) is 4.80 Å². The Morgan fingerprint density at radius 1 is 1.05 bits per heavy atom. The van der Waals surface area contributed by atoms with Crippen molar-refractivity contribution in [3.05, 3.63) is 109 Å². The third-order valence-corrected chi connectivity index (χ3v) is 7.95. The molecule has 0 saturated heterocycles. The van der Waals surface area contributed by atoms with Crippen molar-refractivity contribution in [3.63, 3.8) is 0 Å². The van der Waals surface area contributed by atoms with Crippen LogP contribution >= 0.6 is 11.3 Å². The molecule has 3 heterocycles. The summed E-state index contributed by atoms with van der Waals surface area (Å²) in [5.74, 6) is 0.773. The van der Waals surface area contributed by atoms with E-state index in [2.05, 4.69) is 4.99 Å². The number of allylic oxidation sites excluding steroid dienone is 1. The average molecular weight is 601 g/mol. The second-order valence-corrected chi connectivity index (χ2v) is 10.9. The van der Waals surface area contributed by atoms with Gasteiger partial charge in [-0.3, -0.25) is 9.36 Å². The van der Waals surface area contributed by atoms with Crippen molar-refractivity contribution in [3.8, 4) is 17.1 Å². The molecule has 5 rings (SSSR count). The number of carbonyl (C=O) groups is 2. The third kappa shape index (κ3) is 6.24. The molecule has 0 spiro atoms. The molecular weight excluding hydrogens is 568 g/mol. The standard InChI is InChI=1S/C33H32N2O7S/c1-5-7-17-41-31(37)22-13-11-21(12-14-22)26-16-15-25(42-26)19-27-30(36)35-29(23-9-8-10-24(18-23)39-4)28(32(38)40-6-2)20(3)34-33(35)43-27/h8-16,18-19,29H,5-7,17H2,1-4H3/b27-19-/t29-/m1/s1. The molecular formula is C33H32N2O7S. The van der Waals surface area contributed by atoms with E-state index in [-0.39, 0.29) is 18.1 Å². The molecule has 0 amide bonds. The van der Waals surface area contributed by atoms with Crippen molar-refractivity contribution < 1.29 is 28.2 Å². The number of furan rings is 1. The number of carbonyl (C=O) groups excluding carboxylic acids is 2. The Balaban J connectivity index is 1.50. The zero-order chi connectivity index (χ0) is 30.5. The van der Waals surface area contributed by atoms with Crippen LogP contribution in [0.2, 0.25) is 0 Å². The molecule has 2 aromatic carbocycles. The number of thiazole rings is 1. The molecule has 1 atom stereocenters. The summed E-state index contributed by atoms with van der Waals surface area (Å²) < 4.78 is 24.0. The number of ether oxygens (including phenoxy) is 3. The number of esters is 2. The van der Waals surface area contributed by atoms with Gasteiger partial charge in [0.25, 0.3) is 5.56 Å². The van der Waals surface area contributed by atoms with Crippen LogP contribution in [0.25, 0.3) is 17.4 Å². The molecule has 222 valence electrons. The first-order chi connectivity index (χ1) is 20.8. The van der Waals surface area contributed by atoms with Crippen LogP contribution in [0.4, 0.5) is 0 Å². The van der Waals surface area contributed by atoms with Gasteiger partial charge in [0.1, 0.15) is 17.3 Å². The Morgan fingerprint density at radius 3 is 2.56 bits per heavy atom. The molecule has 0 bridgehead atoms. The molecule has 4 aromatic rings. The van der Waals surface area contributed by atoms with Crippen molar-refractivity contribution in [1.29, 1.82) is 0 Å². The molecule has 0 fully saturated rings. The predicted octanol–water partition coefficient (Wildman–Crippen LogP) is 5.02. The molecule has 9 nitrogen and oxygen atoms in total. The van der Waals surface area contributed by atoms with Gasteiger partial charge in [-0.05, 0) is 62.2 Å². The number of fused-ring (bicyclic) bond motifs is 1. The van der Waals surface area contributed by atoms with Crippen LogP contribution in [0, 0.1) is 0 Å². The van der Waals surface area contributed by atoms with Gasteiger partial charge in [0, 0.05) is 11.6 Å². The molecule has 0 aliphatic carbocycles. The molecule has 0 unspecified atom stereocenters. The molecule has 43 heavy (non-hydrogen) atoms. The second kappa shape index (κ2) is 13.1. The maximum absolute atomic E-state index is 13.9. The lowest BCUT2D eigenvalue weighted by atomic mass is 9.95. The fourth-order valence-electron chi connectivity index (χ4n) is 4.80. The van der Waals surface area contributed by atoms with Gasteiger partial charge in [-0.1, -0.05) is 48.9 Å². The smallest absolute Gasteiger partial charge is 0.338 e. The fourth-order valence-corrected chi connectivity index (χ4v) is 5.82. The highest BCUT2D eigenvalue weighted by Gasteiger charge is 2.33. The Labute approximate surface area is 252 Å². The Kier molecular flexibility index (Phi) is 9.06. The van der Waals surface area contributed by atoms with E-state index in [1.165, 1.54) is 15.9 Å². The van der Waals surface area contributed by atoms with Crippen LogP contribution in [0.15, 0.2) is 86.1 Å². The van der Waals surface area contributed by atoms with Gasteiger partial charge < -0.3 is 18.6 Å². The number of rotatable bonds is 10. The molecule has 1 aliphatic heterocycles. The minimum atomic E-state index is -0.744. The molecule has 0 saturated carbocycles. The van der Waals surface area contributed by atoms with E-state index in [4.69, 9.17) is 18.6 Å². The number of unbranched alkanes of at least 4 members (excludes halogenated alkanes) is 1. The minimum Gasteiger partial charge on any atom is -0.497 e. The third-order valence-electron chi connectivity index (χ3n) is 6.96. The second-order valence-electron chi connectivity index (χ2n) is 9.85. The normalized spacial score (nSPS) is 14.7. The maximum Gasteiger partial charge on any atom is 0.338 e. The lowest BCUT2D eigenvalue weighted by Gasteiger charge is -2.24. The molecule has 2 aromatic heterocycles. The first-order valence-corrected chi connectivity index (χ1v) is 14.9.